The normalized spacial score (nSPS) is 10.4. The number of rotatable bonds is 6. The van der Waals surface area contributed by atoms with Gasteiger partial charge in [0.25, 0.3) is 0 Å². The molecule has 3 rings (SSSR count). The number of anilines is 1. The number of ether oxygens (including phenoxy) is 1. The molecule has 0 aliphatic rings. The molecule has 0 unspecified atom stereocenters. The molecule has 8 heteroatoms. The first-order chi connectivity index (χ1) is 12.1. The highest BCUT2D eigenvalue weighted by atomic mass is 16.6. The first kappa shape index (κ1) is 16.3. The molecule has 0 radical (unpaired) electrons. The lowest BCUT2D eigenvalue weighted by molar-refractivity contribution is -0.385. The fraction of sp³-hybridized carbons (Fsp3) is 0.118. The zero-order valence-corrected chi connectivity index (χ0v) is 13.5. The van der Waals surface area contributed by atoms with Crippen molar-refractivity contribution in [3.8, 4) is 11.6 Å². The first-order valence-corrected chi connectivity index (χ1v) is 7.48. The second-order valence-electron chi connectivity index (χ2n) is 5.19. The number of nitro groups is 1. The Labute approximate surface area is 143 Å². The molecule has 0 bridgehead atoms. The van der Waals surface area contributed by atoms with Crippen molar-refractivity contribution < 1.29 is 9.66 Å². The third-order valence-electron chi connectivity index (χ3n) is 3.41. The Balaban J connectivity index is 2.08. The van der Waals surface area contributed by atoms with Gasteiger partial charge in [-0.1, -0.05) is 24.3 Å². The van der Waals surface area contributed by atoms with Crippen LogP contribution < -0.4 is 10.1 Å². The van der Waals surface area contributed by atoms with Crippen molar-refractivity contribution in [1.82, 2.24) is 15.0 Å². The lowest BCUT2D eigenvalue weighted by Gasteiger charge is -2.10. The van der Waals surface area contributed by atoms with Crippen LogP contribution in [0.3, 0.4) is 0 Å². The number of benzene rings is 1. The maximum absolute atomic E-state index is 11.5. The summed E-state index contributed by atoms with van der Waals surface area (Å²) in [5.74, 6) is 0.305. The highest BCUT2D eigenvalue weighted by Gasteiger charge is 2.25. The van der Waals surface area contributed by atoms with Crippen LogP contribution in [0.4, 0.5) is 11.5 Å². The van der Waals surface area contributed by atoms with E-state index in [1.165, 1.54) is 6.33 Å². The van der Waals surface area contributed by atoms with Crippen LogP contribution >= 0.6 is 0 Å². The van der Waals surface area contributed by atoms with E-state index in [4.69, 9.17) is 4.74 Å². The summed E-state index contributed by atoms with van der Waals surface area (Å²) in [7, 11) is 0. The van der Waals surface area contributed by atoms with Crippen LogP contribution in [0, 0.1) is 17.0 Å². The molecule has 25 heavy (non-hydrogen) atoms. The van der Waals surface area contributed by atoms with Crippen molar-refractivity contribution >= 4 is 22.4 Å². The summed E-state index contributed by atoms with van der Waals surface area (Å²) < 4.78 is 5.74. The van der Waals surface area contributed by atoms with E-state index in [0.717, 1.165) is 11.1 Å². The van der Waals surface area contributed by atoms with Gasteiger partial charge in [-0.15, -0.1) is 6.58 Å². The number of nitrogens with one attached hydrogen (secondary N) is 1. The topological polar surface area (TPSA) is 103 Å². The average molecular weight is 337 g/mol. The molecule has 0 atom stereocenters. The van der Waals surface area contributed by atoms with E-state index in [9.17, 15) is 10.1 Å². The van der Waals surface area contributed by atoms with Crippen molar-refractivity contribution in [2.45, 2.75) is 6.92 Å². The minimum Gasteiger partial charge on any atom is -0.431 e. The standard InChI is InChI=1S/C17H15N5O3/c1-3-9-18-16-15(22(23)24)17(20-10-19-16)25-13-6-4-5-12-8-7-11(2)21-14(12)13/h3-8,10H,1,9H2,2H3,(H,18,19,20). The second-order valence-corrected chi connectivity index (χ2v) is 5.19. The molecule has 0 saturated heterocycles. The maximum Gasteiger partial charge on any atom is 0.373 e. The number of hydrogen-bond donors (Lipinski definition) is 1. The number of aromatic nitrogens is 3. The average Bonchev–Trinajstić information content (AvgIpc) is 2.60. The van der Waals surface area contributed by atoms with Crippen molar-refractivity contribution in [3.63, 3.8) is 0 Å². The van der Waals surface area contributed by atoms with E-state index in [1.54, 1.807) is 18.2 Å². The molecule has 1 aromatic carbocycles. The van der Waals surface area contributed by atoms with Gasteiger partial charge in [0.15, 0.2) is 5.75 Å². The molecule has 0 amide bonds. The fourth-order valence-electron chi connectivity index (χ4n) is 2.30. The quantitative estimate of drug-likeness (QED) is 0.416. The summed E-state index contributed by atoms with van der Waals surface area (Å²) in [6.07, 6.45) is 2.78. The molecule has 3 aromatic rings. The van der Waals surface area contributed by atoms with Gasteiger partial charge in [0.2, 0.25) is 5.82 Å². The summed E-state index contributed by atoms with van der Waals surface area (Å²) >= 11 is 0. The SMILES string of the molecule is C=CCNc1ncnc(Oc2cccc3ccc(C)nc23)c1[N+](=O)[O-]. The lowest BCUT2D eigenvalue weighted by atomic mass is 10.2. The summed E-state index contributed by atoms with van der Waals surface area (Å²) in [5.41, 5.74) is 1.08. The summed E-state index contributed by atoms with van der Waals surface area (Å²) in [4.78, 5) is 23.2. The highest BCUT2D eigenvalue weighted by molar-refractivity contribution is 5.85. The van der Waals surface area contributed by atoms with Crippen molar-refractivity contribution in [2.24, 2.45) is 0 Å². The van der Waals surface area contributed by atoms with Crippen LogP contribution in [0.15, 0.2) is 49.3 Å². The van der Waals surface area contributed by atoms with Crippen LogP contribution in [0.2, 0.25) is 0 Å². The summed E-state index contributed by atoms with van der Waals surface area (Å²) in [6.45, 7) is 5.76. The number of hydrogen-bond acceptors (Lipinski definition) is 7. The van der Waals surface area contributed by atoms with Crippen LogP contribution in [-0.4, -0.2) is 26.4 Å². The Kier molecular flexibility index (Phi) is 4.51. The minimum absolute atomic E-state index is 0.0688. The molecule has 0 aliphatic carbocycles. The molecule has 1 N–H and O–H groups in total. The van der Waals surface area contributed by atoms with Crippen LogP contribution in [-0.2, 0) is 0 Å². The van der Waals surface area contributed by atoms with Crippen LogP contribution in [0.25, 0.3) is 10.9 Å². The van der Waals surface area contributed by atoms with Gasteiger partial charge in [-0.25, -0.2) is 9.97 Å². The van der Waals surface area contributed by atoms with E-state index in [0.29, 0.717) is 17.8 Å². The molecular formula is C17H15N5O3. The zero-order valence-electron chi connectivity index (χ0n) is 13.5. The Morgan fingerprint density at radius 1 is 1.32 bits per heavy atom. The van der Waals surface area contributed by atoms with Gasteiger partial charge in [0.1, 0.15) is 11.8 Å². The van der Waals surface area contributed by atoms with Crippen molar-refractivity contribution in [2.75, 3.05) is 11.9 Å². The van der Waals surface area contributed by atoms with E-state index >= 15 is 0 Å². The lowest BCUT2D eigenvalue weighted by Crippen LogP contribution is -2.06. The molecule has 0 spiro atoms. The van der Waals surface area contributed by atoms with Gasteiger partial charge >= 0.3 is 11.6 Å². The highest BCUT2D eigenvalue weighted by Crippen LogP contribution is 2.36. The van der Waals surface area contributed by atoms with Gasteiger partial charge in [-0.3, -0.25) is 10.1 Å². The smallest absolute Gasteiger partial charge is 0.373 e. The minimum atomic E-state index is -0.579. The number of fused-ring (bicyclic) bond motifs is 1. The molecule has 0 aliphatic heterocycles. The monoisotopic (exact) mass is 337 g/mol. The molecular weight excluding hydrogens is 322 g/mol. The van der Waals surface area contributed by atoms with Gasteiger partial charge in [0, 0.05) is 17.6 Å². The van der Waals surface area contributed by atoms with Crippen molar-refractivity contribution in [3.05, 3.63) is 65.1 Å². The van der Waals surface area contributed by atoms with Crippen LogP contribution in [0.1, 0.15) is 5.69 Å². The Morgan fingerprint density at radius 3 is 2.92 bits per heavy atom. The number of pyridine rings is 1. The fourth-order valence-corrected chi connectivity index (χ4v) is 2.30. The van der Waals surface area contributed by atoms with Crippen LogP contribution in [0.5, 0.6) is 11.6 Å². The van der Waals surface area contributed by atoms with Gasteiger partial charge in [0.05, 0.1) is 4.92 Å². The summed E-state index contributed by atoms with van der Waals surface area (Å²) in [5, 5.41) is 15.2. The predicted octanol–water partition coefficient (Wildman–Crippen LogP) is 3.63. The molecule has 0 saturated carbocycles. The predicted molar refractivity (Wildman–Crippen MR) is 93.9 cm³/mol. The van der Waals surface area contributed by atoms with E-state index in [-0.39, 0.29) is 17.4 Å². The third kappa shape index (κ3) is 3.37. The molecule has 126 valence electrons. The van der Waals surface area contributed by atoms with E-state index in [2.05, 4.69) is 26.8 Å². The number of para-hydroxylation sites is 1. The first-order valence-electron chi connectivity index (χ1n) is 7.48. The molecule has 0 fully saturated rings. The second kappa shape index (κ2) is 6.91. The van der Waals surface area contributed by atoms with Gasteiger partial charge in [-0.05, 0) is 19.1 Å². The van der Waals surface area contributed by atoms with Gasteiger partial charge in [-0.2, -0.15) is 4.98 Å². The zero-order chi connectivity index (χ0) is 17.8. The molecule has 2 heterocycles. The largest absolute Gasteiger partial charge is 0.431 e. The Bertz CT molecular complexity index is 958. The van der Waals surface area contributed by atoms with E-state index < -0.39 is 4.92 Å². The number of aryl methyl sites for hydroxylation is 1. The Morgan fingerprint density at radius 2 is 2.16 bits per heavy atom. The van der Waals surface area contributed by atoms with Gasteiger partial charge < -0.3 is 10.1 Å². The molecule has 2 aromatic heterocycles. The third-order valence-corrected chi connectivity index (χ3v) is 3.41. The van der Waals surface area contributed by atoms with Crippen molar-refractivity contribution in [1.29, 1.82) is 0 Å². The molecule has 8 nitrogen and oxygen atoms in total. The Hall–Kier alpha value is -3.55. The maximum atomic E-state index is 11.5. The van der Waals surface area contributed by atoms with E-state index in [1.807, 2.05) is 25.1 Å². The summed E-state index contributed by atoms with van der Waals surface area (Å²) in [6, 6.07) is 9.17. The number of nitrogens with zero attached hydrogens (tertiary/aromatic N) is 4.